The number of benzene rings is 2. The Morgan fingerprint density at radius 1 is 1.28 bits per heavy atom. The molecule has 2 aromatic rings. The predicted octanol–water partition coefficient (Wildman–Crippen LogP) is 3.29. The summed E-state index contributed by atoms with van der Waals surface area (Å²) >= 11 is 6.06. The maximum absolute atomic E-state index is 12.8. The van der Waals surface area contributed by atoms with E-state index in [0.29, 0.717) is 34.4 Å². The van der Waals surface area contributed by atoms with E-state index in [1.807, 2.05) is 18.0 Å². The van der Waals surface area contributed by atoms with Gasteiger partial charge in [-0.05, 0) is 36.8 Å². The minimum atomic E-state index is -3.78. The van der Waals surface area contributed by atoms with E-state index >= 15 is 0 Å². The lowest BCUT2D eigenvalue weighted by atomic mass is 10.2. The van der Waals surface area contributed by atoms with Gasteiger partial charge >= 0.3 is 0 Å². The highest BCUT2D eigenvalue weighted by Gasteiger charge is 2.23. The molecule has 0 spiro atoms. The van der Waals surface area contributed by atoms with E-state index in [0.717, 1.165) is 12.2 Å². The van der Waals surface area contributed by atoms with Crippen molar-refractivity contribution in [1.82, 2.24) is 0 Å². The van der Waals surface area contributed by atoms with Crippen LogP contribution < -0.4 is 19.1 Å². The molecule has 3 rings (SSSR count). The standard InChI is InChI=1S/C17H19ClN2O4S/c1-11-8-14-16(24-7-6-20(14)2)10-17(11)25(21,22)19-12-4-5-15(23-3)13(18)9-12/h4-5,8-10,19H,6-7H2,1-3H3. The van der Waals surface area contributed by atoms with E-state index in [9.17, 15) is 8.42 Å². The first-order valence-corrected chi connectivity index (χ1v) is 9.53. The second-order valence-corrected chi connectivity index (χ2v) is 7.87. The van der Waals surface area contributed by atoms with E-state index < -0.39 is 10.0 Å². The average molecular weight is 383 g/mol. The van der Waals surface area contributed by atoms with Crippen molar-refractivity contribution < 1.29 is 17.9 Å². The van der Waals surface area contributed by atoms with Crippen LogP contribution in [0.5, 0.6) is 11.5 Å². The van der Waals surface area contributed by atoms with E-state index in [1.165, 1.54) is 13.2 Å². The van der Waals surface area contributed by atoms with Gasteiger partial charge in [0.1, 0.15) is 18.1 Å². The van der Waals surface area contributed by atoms with Gasteiger partial charge in [0.05, 0.1) is 34.9 Å². The fourth-order valence-corrected chi connectivity index (χ4v) is 4.26. The van der Waals surface area contributed by atoms with Crippen molar-refractivity contribution >= 4 is 33.0 Å². The van der Waals surface area contributed by atoms with E-state index in [1.54, 1.807) is 25.1 Å². The van der Waals surface area contributed by atoms with Crippen LogP contribution >= 0.6 is 11.6 Å². The number of sulfonamides is 1. The molecular formula is C17H19ClN2O4S. The van der Waals surface area contributed by atoms with Gasteiger partial charge in [0, 0.05) is 13.1 Å². The zero-order chi connectivity index (χ0) is 18.2. The van der Waals surface area contributed by atoms with Gasteiger partial charge in [-0.3, -0.25) is 4.72 Å². The van der Waals surface area contributed by atoms with Crippen LogP contribution in [0, 0.1) is 6.92 Å². The molecule has 25 heavy (non-hydrogen) atoms. The minimum absolute atomic E-state index is 0.175. The molecule has 2 aromatic carbocycles. The van der Waals surface area contributed by atoms with Gasteiger partial charge in [0.25, 0.3) is 10.0 Å². The summed E-state index contributed by atoms with van der Waals surface area (Å²) in [6.07, 6.45) is 0. The maximum Gasteiger partial charge on any atom is 0.262 e. The Morgan fingerprint density at radius 3 is 2.72 bits per heavy atom. The molecule has 0 fully saturated rings. The molecule has 0 amide bonds. The molecule has 1 aliphatic heterocycles. The first-order chi connectivity index (χ1) is 11.8. The third-order valence-electron chi connectivity index (χ3n) is 4.05. The highest BCUT2D eigenvalue weighted by atomic mass is 35.5. The molecule has 1 aliphatic rings. The van der Waals surface area contributed by atoms with Gasteiger partial charge in [-0.15, -0.1) is 0 Å². The van der Waals surface area contributed by atoms with E-state index in [-0.39, 0.29) is 4.90 Å². The van der Waals surface area contributed by atoms with Crippen molar-refractivity contribution in [2.75, 3.05) is 36.9 Å². The number of nitrogens with one attached hydrogen (secondary N) is 1. The molecule has 1 N–H and O–H groups in total. The number of halogens is 1. The molecule has 0 aromatic heterocycles. The number of anilines is 2. The summed E-state index contributed by atoms with van der Waals surface area (Å²) in [5.41, 5.74) is 1.89. The number of fused-ring (bicyclic) bond motifs is 1. The molecule has 1 heterocycles. The largest absolute Gasteiger partial charge is 0.495 e. The Morgan fingerprint density at radius 2 is 2.04 bits per heavy atom. The summed E-state index contributed by atoms with van der Waals surface area (Å²) in [6.45, 7) is 3.05. The lowest BCUT2D eigenvalue weighted by Gasteiger charge is -2.28. The lowest BCUT2D eigenvalue weighted by Crippen LogP contribution is -2.29. The third kappa shape index (κ3) is 3.48. The van der Waals surface area contributed by atoms with Crippen molar-refractivity contribution in [2.45, 2.75) is 11.8 Å². The number of hydrogen-bond donors (Lipinski definition) is 1. The number of methoxy groups -OCH3 is 1. The van der Waals surface area contributed by atoms with Gasteiger partial charge in [0.15, 0.2) is 0 Å². The predicted molar refractivity (Wildman–Crippen MR) is 98.8 cm³/mol. The highest BCUT2D eigenvalue weighted by molar-refractivity contribution is 7.92. The SMILES string of the molecule is COc1ccc(NS(=O)(=O)c2cc3c(cc2C)N(C)CCO3)cc1Cl. The Bertz CT molecular complexity index is 915. The molecule has 0 aliphatic carbocycles. The lowest BCUT2D eigenvalue weighted by molar-refractivity contribution is 0.310. The minimum Gasteiger partial charge on any atom is -0.495 e. The topological polar surface area (TPSA) is 67.9 Å². The summed E-state index contributed by atoms with van der Waals surface area (Å²) in [5, 5.41) is 0.329. The third-order valence-corrected chi connectivity index (χ3v) is 5.86. The summed E-state index contributed by atoms with van der Waals surface area (Å²) in [4.78, 5) is 2.22. The number of aryl methyl sites for hydroxylation is 1. The van der Waals surface area contributed by atoms with Crippen molar-refractivity contribution in [1.29, 1.82) is 0 Å². The first kappa shape index (κ1) is 17.7. The number of hydrogen-bond acceptors (Lipinski definition) is 5. The molecule has 134 valence electrons. The Labute approximate surface area is 152 Å². The van der Waals surface area contributed by atoms with Gasteiger partial charge in [-0.2, -0.15) is 0 Å². The zero-order valence-corrected chi connectivity index (χ0v) is 15.7. The van der Waals surface area contributed by atoms with Crippen molar-refractivity contribution in [3.05, 3.63) is 40.9 Å². The number of ether oxygens (including phenoxy) is 2. The van der Waals surface area contributed by atoms with Gasteiger partial charge < -0.3 is 14.4 Å². The van der Waals surface area contributed by atoms with Crippen molar-refractivity contribution in [2.24, 2.45) is 0 Å². The molecule has 8 heteroatoms. The Hall–Kier alpha value is -2.12. The molecule has 6 nitrogen and oxygen atoms in total. The van der Waals surface area contributed by atoms with Crippen LogP contribution in [0.4, 0.5) is 11.4 Å². The van der Waals surface area contributed by atoms with Gasteiger partial charge in [0.2, 0.25) is 0 Å². The van der Waals surface area contributed by atoms with Crippen LogP contribution in [-0.4, -0.2) is 35.7 Å². The van der Waals surface area contributed by atoms with Crippen molar-refractivity contribution in [3.8, 4) is 11.5 Å². The summed E-state index contributed by atoms with van der Waals surface area (Å²) in [7, 11) is -0.330. The zero-order valence-electron chi connectivity index (χ0n) is 14.2. The van der Waals surface area contributed by atoms with Crippen LogP contribution in [-0.2, 0) is 10.0 Å². The van der Waals surface area contributed by atoms with Crippen LogP contribution in [0.25, 0.3) is 0 Å². The number of rotatable bonds is 4. The fraction of sp³-hybridized carbons (Fsp3) is 0.294. The molecule has 0 bridgehead atoms. The normalized spacial score (nSPS) is 13.8. The monoisotopic (exact) mass is 382 g/mol. The van der Waals surface area contributed by atoms with Crippen LogP contribution in [0.3, 0.4) is 0 Å². The van der Waals surface area contributed by atoms with Crippen LogP contribution in [0.1, 0.15) is 5.56 Å². The first-order valence-electron chi connectivity index (χ1n) is 7.67. The van der Waals surface area contributed by atoms with E-state index in [2.05, 4.69) is 4.72 Å². The maximum atomic E-state index is 12.8. The second-order valence-electron chi connectivity index (χ2n) is 5.81. The molecule has 0 radical (unpaired) electrons. The highest BCUT2D eigenvalue weighted by Crippen LogP contribution is 2.36. The number of likely N-dealkylation sites (N-methyl/N-ethyl adjacent to an activating group) is 1. The summed E-state index contributed by atoms with van der Waals surface area (Å²) < 4.78 is 38.8. The molecular weight excluding hydrogens is 364 g/mol. The molecule has 0 atom stereocenters. The summed E-state index contributed by atoms with van der Waals surface area (Å²) in [6, 6.07) is 8.10. The molecule has 0 saturated carbocycles. The van der Waals surface area contributed by atoms with Gasteiger partial charge in [-0.1, -0.05) is 11.6 Å². The Balaban J connectivity index is 1.96. The molecule has 0 saturated heterocycles. The summed E-state index contributed by atoms with van der Waals surface area (Å²) in [5.74, 6) is 1.04. The van der Waals surface area contributed by atoms with Crippen LogP contribution in [0.2, 0.25) is 5.02 Å². The fourth-order valence-electron chi connectivity index (χ4n) is 2.71. The quantitative estimate of drug-likeness (QED) is 0.878. The van der Waals surface area contributed by atoms with Crippen molar-refractivity contribution in [3.63, 3.8) is 0 Å². The second kappa shape index (κ2) is 6.65. The van der Waals surface area contributed by atoms with Gasteiger partial charge in [-0.25, -0.2) is 8.42 Å². The van der Waals surface area contributed by atoms with E-state index in [4.69, 9.17) is 21.1 Å². The molecule has 0 unspecified atom stereocenters. The smallest absolute Gasteiger partial charge is 0.262 e. The Kier molecular flexibility index (Phi) is 4.71. The average Bonchev–Trinajstić information content (AvgIpc) is 2.55. The number of nitrogens with zero attached hydrogens (tertiary/aromatic N) is 1. The van der Waals surface area contributed by atoms with Crippen LogP contribution in [0.15, 0.2) is 35.2 Å².